The molecule has 0 bridgehead atoms. The highest BCUT2D eigenvalue weighted by atomic mass is 32.2. The number of nitrogens with zero attached hydrogens (tertiary/aromatic N) is 1. The van der Waals surface area contributed by atoms with Gasteiger partial charge in [-0.3, -0.25) is 4.79 Å². The summed E-state index contributed by atoms with van der Waals surface area (Å²) < 4.78 is 61.9. The number of benzene rings is 1. The predicted molar refractivity (Wildman–Crippen MR) is 73.1 cm³/mol. The van der Waals surface area contributed by atoms with Crippen molar-refractivity contribution in [3.63, 3.8) is 0 Å². The van der Waals surface area contributed by atoms with E-state index >= 15 is 0 Å². The summed E-state index contributed by atoms with van der Waals surface area (Å²) in [4.78, 5) is 9.74. The molecule has 0 heterocycles. The Kier molecular flexibility index (Phi) is 5.07. The summed E-state index contributed by atoms with van der Waals surface area (Å²) in [6.07, 6.45) is 0.873. The van der Waals surface area contributed by atoms with Gasteiger partial charge in [-0.1, -0.05) is 6.92 Å². The number of primary amides is 1. The molecule has 0 aliphatic heterocycles. The van der Waals surface area contributed by atoms with Crippen LogP contribution in [0.4, 0.5) is 4.39 Å². The fourth-order valence-corrected chi connectivity index (χ4v) is 3.82. The van der Waals surface area contributed by atoms with Crippen LogP contribution in [0.3, 0.4) is 0 Å². The Balaban J connectivity index is 3.46. The summed E-state index contributed by atoms with van der Waals surface area (Å²) in [5, 5.41) is 0. The largest absolute Gasteiger partial charge is 0.369 e. The third kappa shape index (κ3) is 3.99. The van der Waals surface area contributed by atoms with Crippen LogP contribution < -0.4 is 5.73 Å². The van der Waals surface area contributed by atoms with Gasteiger partial charge in [0.15, 0.2) is 9.84 Å². The molecule has 2 N–H and O–H groups in total. The molecule has 0 aliphatic carbocycles. The molecule has 0 unspecified atom stereocenters. The van der Waals surface area contributed by atoms with Crippen LogP contribution in [-0.4, -0.2) is 46.4 Å². The van der Waals surface area contributed by atoms with E-state index in [2.05, 4.69) is 0 Å². The summed E-state index contributed by atoms with van der Waals surface area (Å²) in [5.41, 5.74) is 4.95. The topological polar surface area (TPSA) is 115 Å². The van der Waals surface area contributed by atoms with E-state index in [1.54, 1.807) is 0 Å². The fourth-order valence-electron chi connectivity index (χ4n) is 1.59. The molecular weight excluding hydrogens is 323 g/mol. The van der Waals surface area contributed by atoms with Crippen molar-refractivity contribution in [3.05, 3.63) is 24.0 Å². The second-order valence-electron chi connectivity index (χ2n) is 4.26. The van der Waals surface area contributed by atoms with Crippen LogP contribution in [0.2, 0.25) is 0 Å². The van der Waals surface area contributed by atoms with Gasteiger partial charge in [0.2, 0.25) is 15.9 Å². The first-order valence-corrected chi connectivity index (χ1v) is 9.11. The zero-order valence-corrected chi connectivity index (χ0v) is 13.0. The maximum Gasteiger partial charge on any atom is 0.246 e. The number of nitrogens with two attached hydrogens (primary N) is 1. The van der Waals surface area contributed by atoms with Gasteiger partial charge in [-0.2, -0.15) is 4.31 Å². The lowest BCUT2D eigenvalue weighted by Crippen LogP contribution is -2.38. The van der Waals surface area contributed by atoms with Crippen molar-refractivity contribution in [2.75, 3.05) is 19.3 Å². The molecule has 1 aromatic rings. The van der Waals surface area contributed by atoms with Crippen LogP contribution in [0.15, 0.2) is 28.0 Å². The Hall–Kier alpha value is -1.52. The standard InChI is InChI=1S/C11H15FN2O5S2/c1-3-14(7-11(13)15)21(18,19)10-6-8(20(2,16)17)4-5-9(10)12/h4-6H,3,7H2,1-2H3,(H2,13,15). The molecular formula is C11H15FN2O5S2. The van der Waals surface area contributed by atoms with Crippen molar-refractivity contribution in [2.24, 2.45) is 5.73 Å². The molecule has 21 heavy (non-hydrogen) atoms. The molecule has 1 amide bonds. The van der Waals surface area contributed by atoms with Crippen molar-refractivity contribution < 1.29 is 26.0 Å². The number of carbonyl (C=O) groups is 1. The average molecular weight is 338 g/mol. The molecule has 0 spiro atoms. The Bertz CT molecular complexity index is 759. The zero-order valence-electron chi connectivity index (χ0n) is 11.4. The highest BCUT2D eigenvalue weighted by Gasteiger charge is 2.28. The Morgan fingerprint density at radius 3 is 2.29 bits per heavy atom. The minimum atomic E-state index is -4.37. The molecule has 0 atom stereocenters. The summed E-state index contributed by atoms with van der Waals surface area (Å²) >= 11 is 0. The van der Waals surface area contributed by atoms with Gasteiger partial charge in [-0.25, -0.2) is 21.2 Å². The number of likely N-dealkylation sites (N-methyl/N-ethyl adjacent to an activating group) is 1. The minimum absolute atomic E-state index is 0.117. The Labute approximate surface area is 122 Å². The van der Waals surface area contributed by atoms with Crippen LogP contribution >= 0.6 is 0 Å². The quantitative estimate of drug-likeness (QED) is 0.717. The van der Waals surface area contributed by atoms with E-state index in [9.17, 15) is 26.0 Å². The van der Waals surface area contributed by atoms with Crippen molar-refractivity contribution in [1.29, 1.82) is 0 Å². The number of sulfone groups is 1. The summed E-state index contributed by atoms with van der Waals surface area (Å²) in [6.45, 7) is 0.702. The van der Waals surface area contributed by atoms with Gasteiger partial charge in [0.25, 0.3) is 0 Å². The highest BCUT2D eigenvalue weighted by Crippen LogP contribution is 2.22. The van der Waals surface area contributed by atoms with Crippen LogP contribution in [0.25, 0.3) is 0 Å². The third-order valence-corrected chi connectivity index (χ3v) is 5.68. The molecule has 118 valence electrons. The van der Waals surface area contributed by atoms with Gasteiger partial charge in [0.1, 0.15) is 10.7 Å². The predicted octanol–water partition coefficient (Wildman–Crippen LogP) is -0.275. The van der Waals surface area contributed by atoms with Crippen LogP contribution in [0.1, 0.15) is 6.92 Å². The molecule has 0 aliphatic rings. The lowest BCUT2D eigenvalue weighted by atomic mass is 10.3. The van der Waals surface area contributed by atoms with Gasteiger partial charge in [0.05, 0.1) is 11.4 Å². The first-order chi connectivity index (χ1) is 9.50. The number of amides is 1. The second kappa shape index (κ2) is 6.08. The summed E-state index contributed by atoms with van der Waals surface area (Å²) in [7, 11) is -8.07. The second-order valence-corrected chi connectivity index (χ2v) is 8.18. The van der Waals surface area contributed by atoms with Crippen molar-refractivity contribution in [1.82, 2.24) is 4.31 Å². The lowest BCUT2D eigenvalue weighted by Gasteiger charge is -2.19. The van der Waals surface area contributed by atoms with E-state index in [1.165, 1.54) is 6.92 Å². The van der Waals surface area contributed by atoms with E-state index in [-0.39, 0.29) is 11.4 Å². The van der Waals surface area contributed by atoms with Gasteiger partial charge < -0.3 is 5.73 Å². The van der Waals surface area contributed by atoms with Gasteiger partial charge in [-0.05, 0) is 18.2 Å². The van der Waals surface area contributed by atoms with Crippen LogP contribution in [0, 0.1) is 5.82 Å². The molecule has 0 fully saturated rings. The van der Waals surface area contributed by atoms with E-state index in [0.29, 0.717) is 4.31 Å². The van der Waals surface area contributed by atoms with E-state index in [0.717, 1.165) is 24.5 Å². The van der Waals surface area contributed by atoms with Crippen molar-refractivity contribution in [2.45, 2.75) is 16.7 Å². The zero-order chi connectivity index (χ0) is 16.4. The molecule has 7 nitrogen and oxygen atoms in total. The monoisotopic (exact) mass is 338 g/mol. The molecule has 0 aromatic heterocycles. The van der Waals surface area contributed by atoms with Crippen LogP contribution in [0.5, 0.6) is 0 Å². The SMILES string of the molecule is CCN(CC(N)=O)S(=O)(=O)c1cc(S(C)(=O)=O)ccc1F. The van der Waals surface area contributed by atoms with E-state index in [4.69, 9.17) is 5.73 Å². The van der Waals surface area contributed by atoms with Crippen molar-refractivity contribution >= 4 is 25.8 Å². The number of hydrogen-bond donors (Lipinski definition) is 1. The summed E-state index contributed by atoms with van der Waals surface area (Å²) in [5.74, 6) is -2.01. The van der Waals surface area contributed by atoms with E-state index < -0.39 is 43.0 Å². The highest BCUT2D eigenvalue weighted by molar-refractivity contribution is 7.91. The maximum atomic E-state index is 13.8. The normalized spacial score (nSPS) is 12.6. The van der Waals surface area contributed by atoms with Gasteiger partial charge in [-0.15, -0.1) is 0 Å². The Morgan fingerprint density at radius 1 is 1.29 bits per heavy atom. The summed E-state index contributed by atoms with van der Waals surface area (Å²) in [6, 6.07) is 2.44. The van der Waals surface area contributed by atoms with Crippen molar-refractivity contribution in [3.8, 4) is 0 Å². The lowest BCUT2D eigenvalue weighted by molar-refractivity contribution is -0.118. The Morgan fingerprint density at radius 2 is 1.86 bits per heavy atom. The maximum absolute atomic E-state index is 13.8. The number of hydrogen-bond acceptors (Lipinski definition) is 5. The van der Waals surface area contributed by atoms with E-state index in [1.807, 2.05) is 0 Å². The number of rotatable bonds is 6. The molecule has 0 saturated heterocycles. The smallest absolute Gasteiger partial charge is 0.246 e. The first kappa shape index (κ1) is 17.5. The fraction of sp³-hybridized carbons (Fsp3) is 0.364. The average Bonchev–Trinajstić information content (AvgIpc) is 2.34. The molecule has 0 radical (unpaired) electrons. The number of sulfonamides is 1. The first-order valence-electron chi connectivity index (χ1n) is 5.78. The molecule has 10 heteroatoms. The molecule has 1 rings (SSSR count). The molecule has 0 saturated carbocycles. The minimum Gasteiger partial charge on any atom is -0.369 e. The number of carbonyl (C=O) groups excluding carboxylic acids is 1. The molecule has 1 aromatic carbocycles. The van der Waals surface area contributed by atoms with Gasteiger partial charge >= 0.3 is 0 Å². The van der Waals surface area contributed by atoms with Crippen LogP contribution in [-0.2, 0) is 24.7 Å². The third-order valence-electron chi connectivity index (χ3n) is 2.63. The van der Waals surface area contributed by atoms with Gasteiger partial charge in [0, 0.05) is 12.8 Å². The number of halogens is 1.